The Balaban J connectivity index is 2.71. The zero-order valence-electron chi connectivity index (χ0n) is 11.2. The van der Waals surface area contributed by atoms with Crippen molar-refractivity contribution in [3.8, 4) is 5.75 Å². The molecule has 0 saturated carbocycles. The number of rotatable bonds is 8. The monoisotopic (exact) mass is 272 g/mol. The van der Waals surface area contributed by atoms with Gasteiger partial charge in [0.25, 0.3) is 0 Å². The third-order valence-corrected chi connectivity index (χ3v) is 4.32. The molecule has 0 unspecified atom stereocenters. The summed E-state index contributed by atoms with van der Waals surface area (Å²) in [6.45, 7) is 6.96. The van der Waals surface area contributed by atoms with Crippen molar-refractivity contribution in [2.75, 3.05) is 19.8 Å². The lowest BCUT2D eigenvalue weighted by Gasteiger charge is -2.17. The first-order valence-electron chi connectivity index (χ1n) is 6.23. The van der Waals surface area contributed by atoms with Gasteiger partial charge in [-0.25, -0.2) is 0 Å². The summed E-state index contributed by atoms with van der Waals surface area (Å²) >= 11 is 0. The van der Waals surface area contributed by atoms with E-state index < -0.39 is 7.60 Å². The van der Waals surface area contributed by atoms with E-state index in [2.05, 4.69) is 0 Å². The van der Waals surface area contributed by atoms with Crippen LogP contribution in [0.5, 0.6) is 5.75 Å². The topological polar surface area (TPSA) is 44.8 Å². The van der Waals surface area contributed by atoms with Crippen LogP contribution in [0.25, 0.3) is 0 Å². The Hall–Kier alpha value is -0.830. The van der Waals surface area contributed by atoms with E-state index in [1.807, 2.05) is 45.0 Å². The minimum absolute atomic E-state index is 0.293. The molecule has 0 fully saturated rings. The highest BCUT2D eigenvalue weighted by Gasteiger charge is 2.23. The third kappa shape index (κ3) is 4.81. The summed E-state index contributed by atoms with van der Waals surface area (Å²) in [5, 5.41) is 0. The van der Waals surface area contributed by atoms with Crippen molar-refractivity contribution >= 4 is 7.60 Å². The fourth-order valence-electron chi connectivity index (χ4n) is 1.60. The number of hydrogen-bond donors (Lipinski definition) is 0. The molecule has 1 aromatic rings. The lowest BCUT2D eigenvalue weighted by atomic mass is 10.2. The average Bonchev–Trinajstić information content (AvgIpc) is 2.32. The van der Waals surface area contributed by atoms with Gasteiger partial charge >= 0.3 is 7.60 Å². The Morgan fingerprint density at radius 3 is 1.94 bits per heavy atom. The van der Waals surface area contributed by atoms with Gasteiger partial charge in [-0.2, -0.15) is 0 Å². The zero-order chi connectivity index (χ0) is 13.4. The fraction of sp³-hybridized carbons (Fsp3) is 0.538. The van der Waals surface area contributed by atoms with Crippen molar-refractivity contribution in [3.05, 3.63) is 29.8 Å². The summed E-state index contributed by atoms with van der Waals surface area (Å²) in [6.07, 6.45) is 0.293. The largest absolute Gasteiger partial charge is 0.494 e. The SMILES string of the molecule is CCOc1ccc(CP(=O)(OCC)OCC)cc1. The summed E-state index contributed by atoms with van der Waals surface area (Å²) in [6, 6.07) is 7.49. The van der Waals surface area contributed by atoms with Crippen LogP contribution >= 0.6 is 7.60 Å². The summed E-state index contributed by atoms with van der Waals surface area (Å²) in [7, 11) is -3.01. The molecule has 18 heavy (non-hydrogen) atoms. The second-order valence-electron chi connectivity index (χ2n) is 3.68. The van der Waals surface area contributed by atoms with Crippen LogP contribution in [0.2, 0.25) is 0 Å². The van der Waals surface area contributed by atoms with E-state index in [1.54, 1.807) is 0 Å². The Kier molecular flexibility index (Phi) is 6.41. The van der Waals surface area contributed by atoms with Crippen molar-refractivity contribution in [2.45, 2.75) is 26.9 Å². The van der Waals surface area contributed by atoms with Crippen LogP contribution in [0.1, 0.15) is 26.3 Å². The van der Waals surface area contributed by atoms with E-state index in [4.69, 9.17) is 13.8 Å². The number of ether oxygens (including phenoxy) is 1. The van der Waals surface area contributed by atoms with Gasteiger partial charge in [-0.3, -0.25) is 4.57 Å². The Morgan fingerprint density at radius 2 is 1.50 bits per heavy atom. The molecule has 0 spiro atoms. The van der Waals surface area contributed by atoms with Gasteiger partial charge < -0.3 is 13.8 Å². The molecule has 0 heterocycles. The molecule has 0 aliphatic heterocycles. The quantitative estimate of drug-likeness (QED) is 0.674. The van der Waals surface area contributed by atoms with Gasteiger partial charge in [0.1, 0.15) is 5.75 Å². The van der Waals surface area contributed by atoms with Gasteiger partial charge in [-0.1, -0.05) is 12.1 Å². The maximum atomic E-state index is 12.3. The van der Waals surface area contributed by atoms with Crippen molar-refractivity contribution < 1.29 is 18.3 Å². The van der Waals surface area contributed by atoms with Gasteiger partial charge in [0.15, 0.2) is 0 Å². The number of hydrogen-bond acceptors (Lipinski definition) is 4. The van der Waals surface area contributed by atoms with E-state index in [0.717, 1.165) is 11.3 Å². The molecule has 1 aromatic carbocycles. The summed E-state index contributed by atoms with van der Waals surface area (Å²) in [4.78, 5) is 0. The van der Waals surface area contributed by atoms with Gasteiger partial charge in [0, 0.05) is 0 Å². The van der Waals surface area contributed by atoms with E-state index >= 15 is 0 Å². The predicted octanol–water partition coefficient (Wildman–Crippen LogP) is 3.85. The highest BCUT2D eigenvalue weighted by Crippen LogP contribution is 2.51. The van der Waals surface area contributed by atoms with Crippen molar-refractivity contribution in [1.82, 2.24) is 0 Å². The fourth-order valence-corrected chi connectivity index (χ4v) is 3.31. The van der Waals surface area contributed by atoms with Crippen LogP contribution in [0.4, 0.5) is 0 Å². The molecule has 0 N–H and O–H groups in total. The van der Waals surface area contributed by atoms with Crippen LogP contribution < -0.4 is 4.74 Å². The predicted molar refractivity (Wildman–Crippen MR) is 72.2 cm³/mol. The van der Waals surface area contributed by atoms with Crippen LogP contribution in [0, 0.1) is 0 Å². The van der Waals surface area contributed by atoms with Gasteiger partial charge in [0.2, 0.25) is 0 Å². The molecule has 0 amide bonds. The van der Waals surface area contributed by atoms with Crippen molar-refractivity contribution in [2.24, 2.45) is 0 Å². The molecular formula is C13H21O4P. The first kappa shape index (κ1) is 15.2. The highest BCUT2D eigenvalue weighted by atomic mass is 31.2. The maximum Gasteiger partial charge on any atom is 0.335 e. The van der Waals surface area contributed by atoms with Crippen LogP contribution in [0.15, 0.2) is 24.3 Å². The molecule has 1 rings (SSSR count). The molecule has 102 valence electrons. The molecule has 4 nitrogen and oxygen atoms in total. The molecule has 0 bridgehead atoms. The molecule has 0 aromatic heterocycles. The van der Waals surface area contributed by atoms with Gasteiger partial charge in [-0.05, 0) is 38.5 Å². The van der Waals surface area contributed by atoms with E-state index in [-0.39, 0.29) is 0 Å². The van der Waals surface area contributed by atoms with E-state index in [1.165, 1.54) is 0 Å². The number of benzene rings is 1. The maximum absolute atomic E-state index is 12.3. The lowest BCUT2D eigenvalue weighted by Crippen LogP contribution is -1.99. The smallest absolute Gasteiger partial charge is 0.335 e. The summed E-state index contributed by atoms with van der Waals surface area (Å²) in [5.41, 5.74) is 0.920. The Labute approximate surface area is 109 Å². The van der Waals surface area contributed by atoms with Crippen LogP contribution in [-0.2, 0) is 19.8 Å². The van der Waals surface area contributed by atoms with Crippen molar-refractivity contribution in [1.29, 1.82) is 0 Å². The second-order valence-corrected chi connectivity index (χ2v) is 5.74. The third-order valence-electron chi connectivity index (χ3n) is 2.26. The average molecular weight is 272 g/mol. The molecular weight excluding hydrogens is 251 g/mol. The van der Waals surface area contributed by atoms with Crippen LogP contribution in [-0.4, -0.2) is 19.8 Å². The first-order chi connectivity index (χ1) is 8.63. The zero-order valence-corrected chi connectivity index (χ0v) is 12.1. The molecule has 0 saturated heterocycles. The van der Waals surface area contributed by atoms with Crippen LogP contribution in [0.3, 0.4) is 0 Å². The second kappa shape index (κ2) is 7.57. The Bertz CT molecular complexity index is 378. The van der Waals surface area contributed by atoms with Gasteiger partial charge in [-0.15, -0.1) is 0 Å². The highest BCUT2D eigenvalue weighted by molar-refractivity contribution is 7.53. The van der Waals surface area contributed by atoms with E-state index in [0.29, 0.717) is 26.0 Å². The lowest BCUT2D eigenvalue weighted by molar-refractivity contribution is 0.219. The first-order valence-corrected chi connectivity index (χ1v) is 7.96. The molecule has 0 aliphatic carbocycles. The van der Waals surface area contributed by atoms with Crippen molar-refractivity contribution in [3.63, 3.8) is 0 Å². The minimum atomic E-state index is -3.01. The summed E-state index contributed by atoms with van der Waals surface area (Å²) < 4.78 is 28.2. The Morgan fingerprint density at radius 1 is 0.944 bits per heavy atom. The summed E-state index contributed by atoms with van der Waals surface area (Å²) in [5.74, 6) is 0.809. The molecule has 0 radical (unpaired) electrons. The van der Waals surface area contributed by atoms with E-state index in [9.17, 15) is 4.57 Å². The standard InChI is InChI=1S/C13H21O4P/c1-4-15-13-9-7-12(8-10-13)11-18(14,16-5-2)17-6-3/h7-10H,4-6,11H2,1-3H3. The normalized spacial score (nSPS) is 11.5. The minimum Gasteiger partial charge on any atom is -0.494 e. The van der Waals surface area contributed by atoms with Gasteiger partial charge in [0.05, 0.1) is 26.0 Å². The molecule has 5 heteroatoms. The molecule has 0 aliphatic rings. The molecule has 0 atom stereocenters.